The second-order valence-corrected chi connectivity index (χ2v) is 6.45. The fraction of sp³-hybridized carbons (Fsp3) is 0.625. The van der Waals surface area contributed by atoms with Crippen LogP contribution in [0.2, 0.25) is 0 Å². The van der Waals surface area contributed by atoms with Crippen molar-refractivity contribution in [2.75, 3.05) is 36.4 Å². The van der Waals surface area contributed by atoms with Crippen molar-refractivity contribution >= 4 is 17.6 Å². The van der Waals surface area contributed by atoms with Gasteiger partial charge in [0.05, 0.1) is 11.9 Å². The number of alkyl carbamates (subject to hydrolysis) is 1. The Morgan fingerprint density at radius 2 is 2.00 bits per heavy atom. The van der Waals surface area contributed by atoms with Gasteiger partial charge in [-0.2, -0.15) is 0 Å². The Labute approximate surface area is 132 Å². The number of nitrogens with one attached hydrogen (secondary N) is 2. The first-order chi connectivity index (χ1) is 10.4. The van der Waals surface area contributed by atoms with Crippen LogP contribution in [0.4, 0.5) is 16.3 Å². The summed E-state index contributed by atoms with van der Waals surface area (Å²) in [4.78, 5) is 18.3. The molecule has 1 aromatic rings. The van der Waals surface area contributed by atoms with Gasteiger partial charge in [0.15, 0.2) is 0 Å². The highest BCUT2D eigenvalue weighted by atomic mass is 16.6. The molecule has 1 aliphatic heterocycles. The van der Waals surface area contributed by atoms with Gasteiger partial charge in [-0.05, 0) is 45.7 Å². The van der Waals surface area contributed by atoms with Crippen LogP contribution in [-0.4, -0.2) is 42.9 Å². The minimum absolute atomic E-state index is 0.392. The molecule has 0 saturated carbocycles. The molecule has 1 saturated heterocycles. The summed E-state index contributed by atoms with van der Waals surface area (Å²) in [6.45, 7) is 8.86. The van der Waals surface area contributed by atoms with Crippen LogP contribution in [0.15, 0.2) is 18.3 Å². The van der Waals surface area contributed by atoms with Crippen molar-refractivity contribution < 1.29 is 9.53 Å². The van der Waals surface area contributed by atoms with Crippen molar-refractivity contribution in [2.24, 2.45) is 0 Å². The number of hydrogen-bond acceptors (Lipinski definition) is 5. The highest BCUT2D eigenvalue weighted by Crippen LogP contribution is 2.18. The number of ether oxygens (including phenoxy) is 1. The normalized spacial score (nSPS) is 14.8. The summed E-state index contributed by atoms with van der Waals surface area (Å²) < 4.78 is 5.17. The third-order valence-electron chi connectivity index (χ3n) is 3.30. The minimum atomic E-state index is -0.465. The summed E-state index contributed by atoms with van der Waals surface area (Å²) in [6.07, 6.45) is 3.94. The lowest BCUT2D eigenvalue weighted by molar-refractivity contribution is 0.0530. The first-order valence-electron chi connectivity index (χ1n) is 7.86. The molecule has 0 bridgehead atoms. The van der Waals surface area contributed by atoms with Crippen molar-refractivity contribution in [1.29, 1.82) is 0 Å². The maximum atomic E-state index is 11.5. The second-order valence-electron chi connectivity index (χ2n) is 6.45. The molecule has 0 atom stereocenters. The van der Waals surface area contributed by atoms with E-state index in [1.807, 2.05) is 39.1 Å². The SMILES string of the molecule is CC(C)(C)OC(=O)NCCNc1ccc(N2CCCC2)nc1. The highest BCUT2D eigenvalue weighted by molar-refractivity contribution is 5.67. The monoisotopic (exact) mass is 306 g/mol. The van der Waals surface area contributed by atoms with Crippen LogP contribution < -0.4 is 15.5 Å². The Kier molecular flexibility index (Phi) is 5.46. The van der Waals surface area contributed by atoms with Gasteiger partial charge in [-0.3, -0.25) is 0 Å². The molecule has 6 heteroatoms. The van der Waals surface area contributed by atoms with Crippen molar-refractivity contribution in [3.63, 3.8) is 0 Å². The standard InChI is InChI=1S/C16H26N4O2/c1-16(2,3)22-15(21)18-9-8-17-13-6-7-14(19-12-13)20-10-4-5-11-20/h6-7,12,17H,4-5,8-11H2,1-3H3,(H,18,21). The Hall–Kier alpha value is -1.98. The van der Waals surface area contributed by atoms with Gasteiger partial charge >= 0.3 is 6.09 Å². The van der Waals surface area contributed by atoms with E-state index < -0.39 is 11.7 Å². The van der Waals surface area contributed by atoms with Gasteiger partial charge in [-0.15, -0.1) is 0 Å². The lowest BCUT2D eigenvalue weighted by Gasteiger charge is -2.19. The fourth-order valence-electron chi connectivity index (χ4n) is 2.31. The molecule has 2 N–H and O–H groups in total. The summed E-state index contributed by atoms with van der Waals surface area (Å²) in [7, 11) is 0. The minimum Gasteiger partial charge on any atom is -0.444 e. The summed E-state index contributed by atoms with van der Waals surface area (Å²) in [6, 6.07) is 4.06. The zero-order valence-corrected chi connectivity index (χ0v) is 13.7. The van der Waals surface area contributed by atoms with E-state index >= 15 is 0 Å². The van der Waals surface area contributed by atoms with Gasteiger partial charge < -0.3 is 20.3 Å². The van der Waals surface area contributed by atoms with Crippen molar-refractivity contribution in [1.82, 2.24) is 10.3 Å². The van der Waals surface area contributed by atoms with E-state index in [0.29, 0.717) is 13.1 Å². The molecule has 2 heterocycles. The summed E-state index contributed by atoms with van der Waals surface area (Å²) in [5.74, 6) is 1.04. The van der Waals surface area contributed by atoms with E-state index in [4.69, 9.17) is 4.74 Å². The molecular weight excluding hydrogens is 280 g/mol. The fourth-order valence-corrected chi connectivity index (χ4v) is 2.31. The van der Waals surface area contributed by atoms with Crippen LogP contribution in [-0.2, 0) is 4.74 Å². The van der Waals surface area contributed by atoms with Crippen LogP contribution >= 0.6 is 0 Å². The lowest BCUT2D eigenvalue weighted by Crippen LogP contribution is -2.35. The summed E-state index contributed by atoms with van der Waals surface area (Å²) >= 11 is 0. The zero-order chi connectivity index (χ0) is 16.0. The molecule has 122 valence electrons. The van der Waals surface area contributed by atoms with Crippen LogP contribution in [0.1, 0.15) is 33.6 Å². The predicted octanol–water partition coefficient (Wildman–Crippen LogP) is 2.62. The van der Waals surface area contributed by atoms with E-state index in [9.17, 15) is 4.79 Å². The Morgan fingerprint density at radius 3 is 2.59 bits per heavy atom. The number of amides is 1. The number of nitrogens with zero attached hydrogens (tertiary/aromatic N) is 2. The number of anilines is 2. The predicted molar refractivity (Wildman–Crippen MR) is 88.4 cm³/mol. The number of aromatic nitrogens is 1. The average Bonchev–Trinajstić information content (AvgIpc) is 2.96. The molecule has 1 amide bonds. The largest absolute Gasteiger partial charge is 0.444 e. The number of pyridine rings is 1. The van der Waals surface area contributed by atoms with E-state index in [0.717, 1.165) is 24.6 Å². The molecule has 1 aliphatic rings. The van der Waals surface area contributed by atoms with Crippen molar-refractivity contribution in [3.8, 4) is 0 Å². The van der Waals surface area contributed by atoms with Gasteiger partial charge in [0, 0.05) is 26.2 Å². The van der Waals surface area contributed by atoms with E-state index in [1.165, 1.54) is 12.8 Å². The smallest absolute Gasteiger partial charge is 0.407 e. The third kappa shape index (κ3) is 5.42. The molecule has 1 fully saturated rings. The maximum absolute atomic E-state index is 11.5. The summed E-state index contributed by atoms with van der Waals surface area (Å²) in [5.41, 5.74) is 0.487. The van der Waals surface area contributed by atoms with Gasteiger partial charge in [-0.25, -0.2) is 9.78 Å². The van der Waals surface area contributed by atoms with Gasteiger partial charge in [-0.1, -0.05) is 0 Å². The van der Waals surface area contributed by atoms with Gasteiger partial charge in [0.25, 0.3) is 0 Å². The average molecular weight is 306 g/mol. The maximum Gasteiger partial charge on any atom is 0.407 e. The van der Waals surface area contributed by atoms with E-state index in [2.05, 4.69) is 20.5 Å². The number of hydrogen-bond donors (Lipinski definition) is 2. The van der Waals surface area contributed by atoms with Crippen LogP contribution in [0.3, 0.4) is 0 Å². The molecule has 0 unspecified atom stereocenters. The lowest BCUT2D eigenvalue weighted by atomic mass is 10.2. The van der Waals surface area contributed by atoms with Crippen LogP contribution in [0.25, 0.3) is 0 Å². The van der Waals surface area contributed by atoms with E-state index in [1.54, 1.807) is 0 Å². The number of carbonyl (C=O) groups excluding carboxylic acids is 1. The number of carbonyl (C=O) groups is 1. The third-order valence-corrected chi connectivity index (χ3v) is 3.30. The Bertz CT molecular complexity index is 476. The quantitative estimate of drug-likeness (QED) is 0.819. The first-order valence-corrected chi connectivity index (χ1v) is 7.86. The van der Waals surface area contributed by atoms with Crippen LogP contribution in [0, 0.1) is 0 Å². The molecule has 0 spiro atoms. The molecule has 0 aromatic carbocycles. The molecule has 2 rings (SSSR count). The van der Waals surface area contributed by atoms with E-state index in [-0.39, 0.29) is 0 Å². The van der Waals surface area contributed by atoms with Crippen molar-refractivity contribution in [3.05, 3.63) is 18.3 Å². The zero-order valence-electron chi connectivity index (χ0n) is 13.7. The Morgan fingerprint density at radius 1 is 1.27 bits per heavy atom. The topological polar surface area (TPSA) is 66.5 Å². The first kappa shape index (κ1) is 16.4. The van der Waals surface area contributed by atoms with Crippen molar-refractivity contribution in [2.45, 2.75) is 39.2 Å². The molecule has 0 radical (unpaired) electrons. The molecule has 22 heavy (non-hydrogen) atoms. The Balaban J connectivity index is 1.68. The molecule has 6 nitrogen and oxygen atoms in total. The van der Waals surface area contributed by atoms with Crippen LogP contribution in [0.5, 0.6) is 0 Å². The molecule has 1 aromatic heterocycles. The second kappa shape index (κ2) is 7.33. The summed E-state index contributed by atoms with van der Waals surface area (Å²) in [5, 5.41) is 5.94. The molecule has 0 aliphatic carbocycles. The van der Waals surface area contributed by atoms with Gasteiger partial charge in [0.2, 0.25) is 0 Å². The highest BCUT2D eigenvalue weighted by Gasteiger charge is 2.15. The van der Waals surface area contributed by atoms with Gasteiger partial charge in [0.1, 0.15) is 11.4 Å². The molecular formula is C16H26N4O2. The number of rotatable bonds is 5.